The van der Waals surface area contributed by atoms with Gasteiger partial charge in [0.1, 0.15) is 11.8 Å². The third-order valence-corrected chi connectivity index (χ3v) is 5.19. The lowest BCUT2D eigenvalue weighted by Crippen LogP contribution is -2.50. The van der Waals surface area contributed by atoms with Crippen molar-refractivity contribution in [3.05, 3.63) is 52.4 Å². The first-order valence-corrected chi connectivity index (χ1v) is 10.00. The van der Waals surface area contributed by atoms with E-state index in [2.05, 4.69) is 31.2 Å². The van der Waals surface area contributed by atoms with Gasteiger partial charge >= 0.3 is 0 Å². The second-order valence-electron chi connectivity index (χ2n) is 9.02. The van der Waals surface area contributed by atoms with E-state index in [9.17, 15) is 9.59 Å². The van der Waals surface area contributed by atoms with Gasteiger partial charge in [0.2, 0.25) is 5.91 Å². The van der Waals surface area contributed by atoms with Crippen LogP contribution >= 0.6 is 0 Å². The quantitative estimate of drug-likeness (QED) is 0.797. The van der Waals surface area contributed by atoms with E-state index in [0.29, 0.717) is 17.9 Å². The number of nitrogens with one attached hydrogen (secondary N) is 1. The van der Waals surface area contributed by atoms with Gasteiger partial charge in [-0.3, -0.25) is 9.59 Å². The largest absolute Gasteiger partial charge is 0.361 e. The second kappa shape index (κ2) is 8.80. The molecule has 0 saturated carbocycles. The van der Waals surface area contributed by atoms with Crippen LogP contribution in [0.4, 0.5) is 0 Å². The van der Waals surface area contributed by atoms with Crippen molar-refractivity contribution in [1.82, 2.24) is 15.4 Å². The van der Waals surface area contributed by atoms with Gasteiger partial charge in [-0.05, 0) is 42.9 Å². The zero-order chi connectivity index (χ0) is 21.9. The molecule has 2 amide bonds. The molecule has 2 rings (SSSR count). The molecule has 0 radical (unpaired) electrons. The van der Waals surface area contributed by atoms with E-state index in [1.54, 1.807) is 11.9 Å². The van der Waals surface area contributed by atoms with Gasteiger partial charge in [0.05, 0.1) is 12.2 Å². The van der Waals surface area contributed by atoms with Crippen LogP contribution in [0.2, 0.25) is 0 Å². The van der Waals surface area contributed by atoms with E-state index >= 15 is 0 Å². The van der Waals surface area contributed by atoms with Crippen molar-refractivity contribution in [3.8, 4) is 0 Å². The molecule has 1 heterocycles. The lowest BCUT2D eigenvalue weighted by atomic mass is 9.86. The maximum Gasteiger partial charge on any atom is 0.251 e. The number of benzene rings is 1. The summed E-state index contributed by atoms with van der Waals surface area (Å²) in [5.74, 6) is 0.265. The van der Waals surface area contributed by atoms with Crippen LogP contribution in [-0.2, 0) is 16.8 Å². The molecule has 2 aromatic rings. The molecule has 1 aromatic carbocycles. The summed E-state index contributed by atoms with van der Waals surface area (Å²) >= 11 is 0. The fourth-order valence-electron chi connectivity index (χ4n) is 3.14. The van der Waals surface area contributed by atoms with Crippen LogP contribution < -0.4 is 5.32 Å². The number of aromatic nitrogens is 1. The van der Waals surface area contributed by atoms with Crippen LogP contribution in [0.25, 0.3) is 0 Å². The molecule has 0 aliphatic carbocycles. The molecule has 0 aliphatic rings. The topological polar surface area (TPSA) is 75.4 Å². The molecule has 6 heteroatoms. The summed E-state index contributed by atoms with van der Waals surface area (Å²) in [4.78, 5) is 27.4. The smallest absolute Gasteiger partial charge is 0.251 e. The summed E-state index contributed by atoms with van der Waals surface area (Å²) in [5, 5.41) is 6.85. The third-order valence-electron chi connectivity index (χ3n) is 5.19. The molecular formula is C23H33N3O3. The van der Waals surface area contributed by atoms with Gasteiger partial charge in [-0.2, -0.15) is 0 Å². The van der Waals surface area contributed by atoms with E-state index in [1.165, 1.54) is 0 Å². The van der Waals surface area contributed by atoms with Gasteiger partial charge in [0, 0.05) is 18.2 Å². The lowest BCUT2D eigenvalue weighted by molar-refractivity contribution is -0.133. The fourth-order valence-corrected chi connectivity index (χ4v) is 3.14. The first-order chi connectivity index (χ1) is 13.4. The van der Waals surface area contributed by atoms with E-state index in [1.807, 2.05) is 52.0 Å². The number of hydrogen-bond acceptors (Lipinski definition) is 4. The Morgan fingerprint density at radius 2 is 1.72 bits per heavy atom. The maximum atomic E-state index is 13.0. The standard InChI is InChI=1S/C23H33N3O3/c1-14(2)20(22(28)26(8)13-19-15(3)25-29-16(19)4)24-21(27)17-9-11-18(12-10-17)23(5,6)7/h9-12,14,20H,13H2,1-8H3,(H,24,27). The molecule has 1 aromatic heterocycles. The first kappa shape index (κ1) is 22.7. The summed E-state index contributed by atoms with van der Waals surface area (Å²) < 4.78 is 5.18. The number of carbonyl (C=O) groups excluding carboxylic acids is 2. The van der Waals surface area contributed by atoms with E-state index in [0.717, 1.165) is 16.8 Å². The van der Waals surface area contributed by atoms with Crippen molar-refractivity contribution in [3.63, 3.8) is 0 Å². The zero-order valence-electron chi connectivity index (χ0n) is 18.8. The Kier molecular flexibility index (Phi) is 6.88. The number of amides is 2. The van der Waals surface area contributed by atoms with Crippen LogP contribution in [0.5, 0.6) is 0 Å². The summed E-state index contributed by atoms with van der Waals surface area (Å²) in [5.41, 5.74) is 3.39. The van der Waals surface area contributed by atoms with Crippen molar-refractivity contribution in [2.45, 2.75) is 66.5 Å². The van der Waals surface area contributed by atoms with Crippen molar-refractivity contribution in [2.24, 2.45) is 5.92 Å². The van der Waals surface area contributed by atoms with Gasteiger partial charge < -0.3 is 14.7 Å². The SMILES string of the molecule is Cc1noc(C)c1CN(C)C(=O)C(NC(=O)c1ccc(C(C)(C)C)cc1)C(C)C. The molecule has 1 N–H and O–H groups in total. The molecule has 29 heavy (non-hydrogen) atoms. The van der Waals surface area contributed by atoms with Gasteiger partial charge in [0.25, 0.3) is 5.91 Å². The third kappa shape index (κ3) is 5.46. The lowest BCUT2D eigenvalue weighted by Gasteiger charge is -2.27. The van der Waals surface area contributed by atoms with Crippen molar-refractivity contribution in [1.29, 1.82) is 0 Å². The Labute approximate surface area is 173 Å². The van der Waals surface area contributed by atoms with E-state index < -0.39 is 6.04 Å². The van der Waals surface area contributed by atoms with Crippen LogP contribution in [-0.4, -0.2) is 35.0 Å². The fraction of sp³-hybridized carbons (Fsp3) is 0.522. The summed E-state index contributed by atoms with van der Waals surface area (Å²) in [6, 6.07) is 6.93. The molecule has 0 saturated heterocycles. The minimum absolute atomic E-state index is 0.0202. The molecule has 0 fully saturated rings. The van der Waals surface area contributed by atoms with Crippen LogP contribution in [0.1, 0.15) is 67.6 Å². The number of nitrogens with zero attached hydrogens (tertiary/aromatic N) is 2. The Balaban J connectivity index is 2.12. The van der Waals surface area contributed by atoms with Crippen molar-refractivity contribution >= 4 is 11.8 Å². The predicted octanol–water partition coefficient (Wildman–Crippen LogP) is 4.00. The highest BCUT2D eigenvalue weighted by Gasteiger charge is 2.28. The minimum Gasteiger partial charge on any atom is -0.361 e. The molecule has 0 bridgehead atoms. The van der Waals surface area contributed by atoms with Crippen molar-refractivity contribution < 1.29 is 14.1 Å². The molecular weight excluding hydrogens is 366 g/mol. The molecule has 158 valence electrons. The van der Waals surface area contributed by atoms with Gasteiger partial charge in [-0.1, -0.05) is 51.9 Å². The number of aryl methyl sites for hydroxylation is 2. The summed E-state index contributed by atoms with van der Waals surface area (Å²) in [7, 11) is 1.73. The average molecular weight is 400 g/mol. The Morgan fingerprint density at radius 1 is 1.14 bits per heavy atom. The molecule has 0 aliphatic heterocycles. The second-order valence-corrected chi connectivity index (χ2v) is 9.02. The number of likely N-dealkylation sites (N-methyl/N-ethyl adjacent to an activating group) is 1. The molecule has 0 spiro atoms. The van der Waals surface area contributed by atoms with E-state index in [4.69, 9.17) is 4.52 Å². The Morgan fingerprint density at radius 3 is 2.17 bits per heavy atom. The molecule has 1 atom stereocenters. The zero-order valence-corrected chi connectivity index (χ0v) is 18.8. The van der Waals surface area contributed by atoms with Crippen molar-refractivity contribution in [2.75, 3.05) is 7.05 Å². The minimum atomic E-state index is -0.615. The van der Waals surface area contributed by atoms with Crippen LogP contribution in [0.3, 0.4) is 0 Å². The van der Waals surface area contributed by atoms with Gasteiger partial charge in [0.15, 0.2) is 0 Å². The summed E-state index contributed by atoms with van der Waals surface area (Å²) in [6.45, 7) is 14.3. The van der Waals surface area contributed by atoms with Gasteiger partial charge in [-0.15, -0.1) is 0 Å². The number of hydrogen-bond donors (Lipinski definition) is 1. The summed E-state index contributed by atoms with van der Waals surface area (Å²) in [6.07, 6.45) is 0. The highest BCUT2D eigenvalue weighted by atomic mass is 16.5. The van der Waals surface area contributed by atoms with Crippen LogP contribution in [0.15, 0.2) is 28.8 Å². The van der Waals surface area contributed by atoms with E-state index in [-0.39, 0.29) is 23.1 Å². The van der Waals surface area contributed by atoms with Gasteiger partial charge in [-0.25, -0.2) is 0 Å². The average Bonchev–Trinajstić information content (AvgIpc) is 2.96. The highest BCUT2D eigenvalue weighted by molar-refractivity contribution is 5.97. The van der Waals surface area contributed by atoms with Crippen LogP contribution in [0, 0.1) is 19.8 Å². The Bertz CT molecular complexity index is 841. The first-order valence-electron chi connectivity index (χ1n) is 10.00. The highest BCUT2D eigenvalue weighted by Crippen LogP contribution is 2.22. The monoisotopic (exact) mass is 399 g/mol. The molecule has 6 nitrogen and oxygen atoms in total. The normalized spacial score (nSPS) is 12.7. The number of carbonyl (C=O) groups is 2. The maximum absolute atomic E-state index is 13.0. The predicted molar refractivity (Wildman–Crippen MR) is 114 cm³/mol. The molecule has 1 unspecified atom stereocenters. The number of rotatable bonds is 6. The Hall–Kier alpha value is -2.63.